The summed E-state index contributed by atoms with van der Waals surface area (Å²) in [5.41, 5.74) is 1.99. The van der Waals surface area contributed by atoms with Gasteiger partial charge in [0.15, 0.2) is 0 Å². The van der Waals surface area contributed by atoms with Gasteiger partial charge in [-0.25, -0.2) is 0 Å². The summed E-state index contributed by atoms with van der Waals surface area (Å²) in [5.74, 6) is -0.632. The Hall–Kier alpha value is -1.89. The molecule has 6 nitrogen and oxygen atoms in total. The number of anilines is 1. The van der Waals surface area contributed by atoms with Crippen LogP contribution >= 0.6 is 11.3 Å². The van der Waals surface area contributed by atoms with Crippen molar-refractivity contribution >= 4 is 34.1 Å². The number of aliphatic carboxylic acids is 1. The van der Waals surface area contributed by atoms with Gasteiger partial charge in [-0.2, -0.15) is 0 Å². The average molecular weight is 449 g/mol. The minimum atomic E-state index is -0.902. The van der Waals surface area contributed by atoms with Gasteiger partial charge in [0.05, 0.1) is 5.56 Å². The molecule has 2 aliphatic carbocycles. The first-order valence-corrected chi connectivity index (χ1v) is 12.5. The van der Waals surface area contributed by atoms with Gasteiger partial charge in [-0.1, -0.05) is 40.0 Å². The highest BCUT2D eigenvalue weighted by Crippen LogP contribution is 2.45. The fraction of sp³-hybridized carbons (Fsp3) is 0.708. The van der Waals surface area contributed by atoms with E-state index < -0.39 is 5.97 Å². The third-order valence-corrected chi connectivity index (χ3v) is 8.42. The van der Waals surface area contributed by atoms with Gasteiger partial charge < -0.3 is 15.7 Å². The molecule has 1 unspecified atom stereocenters. The molecule has 0 radical (unpaired) electrons. The van der Waals surface area contributed by atoms with E-state index in [-0.39, 0.29) is 36.1 Å². The molecule has 0 bridgehead atoms. The number of hydrogen-bond donors (Lipinski definition) is 3. The Kier molecular flexibility index (Phi) is 7.78. The molecule has 1 heterocycles. The van der Waals surface area contributed by atoms with E-state index in [4.69, 9.17) is 5.11 Å². The largest absolute Gasteiger partial charge is 0.481 e. The van der Waals surface area contributed by atoms with Crippen LogP contribution in [-0.2, 0) is 22.4 Å². The van der Waals surface area contributed by atoms with E-state index in [1.54, 1.807) is 0 Å². The third kappa shape index (κ3) is 5.88. The quantitative estimate of drug-likeness (QED) is 0.486. The molecular weight excluding hydrogens is 412 g/mol. The van der Waals surface area contributed by atoms with E-state index in [1.165, 1.54) is 16.2 Å². The number of rotatable bonds is 9. The fourth-order valence-electron chi connectivity index (χ4n) is 4.79. The van der Waals surface area contributed by atoms with E-state index in [2.05, 4.69) is 31.4 Å². The van der Waals surface area contributed by atoms with E-state index >= 15 is 0 Å². The van der Waals surface area contributed by atoms with E-state index in [9.17, 15) is 14.4 Å². The summed E-state index contributed by atoms with van der Waals surface area (Å²) in [4.78, 5) is 37.7. The second-order valence-electron chi connectivity index (χ2n) is 9.74. The first-order chi connectivity index (χ1) is 14.7. The third-order valence-electron chi connectivity index (χ3n) is 7.25. The monoisotopic (exact) mass is 448 g/mol. The first-order valence-electron chi connectivity index (χ1n) is 11.7. The predicted molar refractivity (Wildman–Crippen MR) is 124 cm³/mol. The standard InChI is InChI=1S/C24H36N2O4S/c1-4-24(2,3)15-12-13-17-18(14-15)31-23(26-19(27)10-7-11-20(28)29)21(17)22(30)25-16-8-5-6-9-16/h15-16H,4-14H2,1-3H3,(H,25,30)(H,26,27)(H,28,29). The van der Waals surface area contributed by atoms with E-state index in [0.29, 0.717) is 22.9 Å². The zero-order valence-electron chi connectivity index (χ0n) is 19.0. The highest BCUT2D eigenvalue weighted by molar-refractivity contribution is 7.17. The number of carboxylic acids is 1. The molecule has 0 aliphatic heterocycles. The van der Waals surface area contributed by atoms with Crippen LogP contribution in [0.15, 0.2) is 0 Å². The first kappa shape index (κ1) is 23.8. The van der Waals surface area contributed by atoms with Crippen molar-refractivity contribution in [2.75, 3.05) is 5.32 Å². The fourth-order valence-corrected chi connectivity index (χ4v) is 6.13. The summed E-state index contributed by atoms with van der Waals surface area (Å²) in [6.07, 6.45) is 8.71. The van der Waals surface area contributed by atoms with Crippen molar-refractivity contribution < 1.29 is 19.5 Å². The van der Waals surface area contributed by atoms with Gasteiger partial charge in [0.2, 0.25) is 5.91 Å². The van der Waals surface area contributed by atoms with Gasteiger partial charge in [-0.15, -0.1) is 11.3 Å². The lowest BCUT2D eigenvalue weighted by molar-refractivity contribution is -0.137. The summed E-state index contributed by atoms with van der Waals surface area (Å²) in [6.45, 7) is 6.86. The predicted octanol–water partition coefficient (Wildman–Crippen LogP) is 5.16. The van der Waals surface area contributed by atoms with Crippen molar-refractivity contribution in [3.8, 4) is 0 Å². The Bertz CT molecular complexity index is 824. The molecule has 0 saturated heterocycles. The van der Waals surface area contributed by atoms with Crippen LogP contribution in [0.5, 0.6) is 0 Å². The molecule has 2 aliphatic rings. The van der Waals surface area contributed by atoms with Crippen molar-refractivity contribution in [3.63, 3.8) is 0 Å². The lowest BCUT2D eigenvalue weighted by Gasteiger charge is -2.36. The molecule has 1 fully saturated rings. The SMILES string of the molecule is CCC(C)(C)C1CCc2c(sc(NC(=O)CCCC(=O)O)c2C(=O)NC2CCCC2)C1. The summed E-state index contributed by atoms with van der Waals surface area (Å²) in [6, 6.07) is 0.220. The number of hydrogen-bond acceptors (Lipinski definition) is 4. The summed E-state index contributed by atoms with van der Waals surface area (Å²) in [7, 11) is 0. The van der Waals surface area contributed by atoms with Gasteiger partial charge in [-0.05, 0) is 55.4 Å². The molecule has 0 spiro atoms. The normalized spacial score (nSPS) is 19.1. The highest BCUT2D eigenvalue weighted by atomic mass is 32.1. The van der Waals surface area contributed by atoms with E-state index in [1.807, 2.05) is 0 Å². The lowest BCUT2D eigenvalue weighted by atomic mass is 9.69. The zero-order valence-corrected chi connectivity index (χ0v) is 19.8. The van der Waals surface area contributed by atoms with Crippen molar-refractivity contribution in [1.82, 2.24) is 5.32 Å². The van der Waals surface area contributed by atoms with Crippen LogP contribution in [0.25, 0.3) is 0 Å². The number of amides is 2. The minimum absolute atomic E-state index is 0.0306. The maximum atomic E-state index is 13.2. The van der Waals surface area contributed by atoms with E-state index in [0.717, 1.165) is 56.9 Å². The minimum Gasteiger partial charge on any atom is -0.481 e. The molecule has 1 atom stereocenters. The molecule has 1 aromatic heterocycles. The molecular formula is C24H36N2O4S. The average Bonchev–Trinajstić information content (AvgIpc) is 3.34. The number of thiophene rings is 1. The second-order valence-corrected chi connectivity index (χ2v) is 10.8. The van der Waals surface area contributed by atoms with Crippen LogP contribution in [0.4, 0.5) is 5.00 Å². The van der Waals surface area contributed by atoms with Gasteiger partial charge in [0, 0.05) is 23.8 Å². The van der Waals surface area contributed by atoms with Crippen molar-refractivity contribution in [2.45, 2.75) is 97.4 Å². The van der Waals surface area contributed by atoms with Crippen LogP contribution in [0, 0.1) is 11.3 Å². The zero-order chi connectivity index (χ0) is 22.6. The Morgan fingerprint density at radius 3 is 2.48 bits per heavy atom. The van der Waals surface area contributed by atoms with Gasteiger partial charge in [-0.3, -0.25) is 14.4 Å². The summed E-state index contributed by atoms with van der Waals surface area (Å²) in [5, 5.41) is 15.6. The topological polar surface area (TPSA) is 95.5 Å². The molecule has 1 saturated carbocycles. The summed E-state index contributed by atoms with van der Waals surface area (Å²) < 4.78 is 0. The second kappa shape index (κ2) is 10.2. The molecule has 0 aromatic carbocycles. The Morgan fingerprint density at radius 2 is 1.84 bits per heavy atom. The number of nitrogens with one attached hydrogen (secondary N) is 2. The number of fused-ring (bicyclic) bond motifs is 1. The van der Waals surface area contributed by atoms with Gasteiger partial charge in [0.1, 0.15) is 5.00 Å². The van der Waals surface area contributed by atoms with Gasteiger partial charge in [0.25, 0.3) is 5.91 Å². The highest BCUT2D eigenvalue weighted by Gasteiger charge is 2.35. The molecule has 31 heavy (non-hydrogen) atoms. The van der Waals surface area contributed by atoms with Crippen molar-refractivity contribution in [3.05, 3.63) is 16.0 Å². The van der Waals surface area contributed by atoms with Crippen LogP contribution < -0.4 is 10.6 Å². The molecule has 7 heteroatoms. The maximum absolute atomic E-state index is 13.2. The van der Waals surface area contributed by atoms with Crippen LogP contribution in [-0.4, -0.2) is 28.9 Å². The molecule has 1 aromatic rings. The van der Waals surface area contributed by atoms with Crippen LogP contribution in [0.2, 0.25) is 0 Å². The summed E-state index contributed by atoms with van der Waals surface area (Å²) >= 11 is 1.54. The molecule has 3 N–H and O–H groups in total. The number of carbonyl (C=O) groups is 3. The Balaban J connectivity index is 1.81. The number of carboxylic acid groups (broad SMARTS) is 1. The lowest BCUT2D eigenvalue weighted by Crippen LogP contribution is -2.34. The van der Waals surface area contributed by atoms with Crippen molar-refractivity contribution in [2.24, 2.45) is 11.3 Å². The van der Waals surface area contributed by atoms with Crippen molar-refractivity contribution in [1.29, 1.82) is 0 Å². The molecule has 172 valence electrons. The van der Waals surface area contributed by atoms with Gasteiger partial charge >= 0.3 is 5.97 Å². The molecule has 2 amide bonds. The van der Waals surface area contributed by atoms with Crippen LogP contribution in [0.1, 0.15) is 99.4 Å². The Morgan fingerprint density at radius 1 is 1.13 bits per heavy atom. The smallest absolute Gasteiger partial charge is 0.303 e. The van der Waals surface area contributed by atoms with Crippen LogP contribution in [0.3, 0.4) is 0 Å². The number of carbonyl (C=O) groups excluding carboxylic acids is 2. The maximum Gasteiger partial charge on any atom is 0.303 e. The molecule has 3 rings (SSSR count). The Labute approximate surface area is 189 Å².